The van der Waals surface area contributed by atoms with Crippen molar-refractivity contribution in [3.8, 4) is 6.07 Å². The number of carbonyl (C=O) groups is 1. The first kappa shape index (κ1) is 18.5. The van der Waals surface area contributed by atoms with Gasteiger partial charge >= 0.3 is 0 Å². The predicted molar refractivity (Wildman–Crippen MR) is 100 cm³/mol. The minimum absolute atomic E-state index is 0.105. The number of carbonyl (C=O) groups excluding carboxylic acids is 1. The molecule has 1 amide bonds. The van der Waals surface area contributed by atoms with Crippen molar-refractivity contribution < 1.29 is 9.18 Å². The van der Waals surface area contributed by atoms with E-state index in [4.69, 9.17) is 5.26 Å². The van der Waals surface area contributed by atoms with Gasteiger partial charge in [-0.2, -0.15) is 5.26 Å². The van der Waals surface area contributed by atoms with Crippen LogP contribution >= 0.6 is 11.3 Å². The van der Waals surface area contributed by atoms with Crippen LogP contribution in [-0.2, 0) is 11.3 Å². The monoisotopic (exact) mass is 372 g/mol. The third-order valence-electron chi connectivity index (χ3n) is 4.44. The van der Waals surface area contributed by atoms with Crippen LogP contribution in [0.3, 0.4) is 0 Å². The van der Waals surface area contributed by atoms with E-state index in [1.165, 1.54) is 17.4 Å². The lowest BCUT2D eigenvalue weighted by atomic mass is 10.2. The lowest BCUT2D eigenvalue weighted by molar-refractivity contribution is -0.117. The van der Waals surface area contributed by atoms with Gasteiger partial charge in [-0.25, -0.2) is 4.39 Å². The highest BCUT2D eigenvalue weighted by molar-refractivity contribution is 7.14. The van der Waals surface area contributed by atoms with E-state index in [-0.39, 0.29) is 11.7 Å². The van der Waals surface area contributed by atoms with Crippen molar-refractivity contribution in [3.05, 3.63) is 52.7 Å². The molecule has 0 spiro atoms. The predicted octanol–water partition coefficient (Wildman–Crippen LogP) is 2.91. The zero-order chi connectivity index (χ0) is 18.4. The third-order valence-corrected chi connectivity index (χ3v) is 5.27. The van der Waals surface area contributed by atoms with Gasteiger partial charge in [0.15, 0.2) is 0 Å². The molecule has 2 aromatic rings. The molecule has 1 saturated heterocycles. The van der Waals surface area contributed by atoms with Gasteiger partial charge in [0, 0.05) is 25.2 Å². The Morgan fingerprint density at radius 1 is 1.19 bits per heavy atom. The van der Waals surface area contributed by atoms with Crippen LogP contribution in [0.15, 0.2) is 35.7 Å². The van der Waals surface area contributed by atoms with Crippen LogP contribution in [0.4, 0.5) is 9.39 Å². The molecule has 1 aliphatic rings. The van der Waals surface area contributed by atoms with Crippen LogP contribution in [0.5, 0.6) is 0 Å². The number of thiophene rings is 1. The molecule has 136 valence electrons. The Morgan fingerprint density at radius 2 is 1.96 bits per heavy atom. The minimum atomic E-state index is -0.169. The van der Waals surface area contributed by atoms with Crippen molar-refractivity contribution in [3.63, 3.8) is 0 Å². The summed E-state index contributed by atoms with van der Waals surface area (Å²) in [6, 6.07) is 10.6. The van der Waals surface area contributed by atoms with Gasteiger partial charge in [0.25, 0.3) is 0 Å². The lowest BCUT2D eigenvalue weighted by Gasteiger charge is -2.21. The first-order chi connectivity index (χ1) is 12.7. The van der Waals surface area contributed by atoms with Crippen molar-refractivity contribution in [1.82, 2.24) is 9.80 Å². The highest BCUT2D eigenvalue weighted by Gasteiger charge is 2.18. The number of halogens is 1. The summed E-state index contributed by atoms with van der Waals surface area (Å²) in [5, 5.41) is 14.2. The maximum Gasteiger partial charge on any atom is 0.239 e. The maximum absolute atomic E-state index is 13.8. The second-order valence-corrected chi connectivity index (χ2v) is 7.24. The molecule has 3 rings (SSSR count). The molecular weight excluding hydrogens is 351 g/mol. The van der Waals surface area contributed by atoms with E-state index in [1.54, 1.807) is 17.5 Å². The average molecular weight is 372 g/mol. The SMILES string of the molecule is N#Cc1ccsc1NC(=O)CN1CCCN(Cc2ccccc2F)CC1. The van der Waals surface area contributed by atoms with E-state index in [2.05, 4.69) is 21.2 Å². The second-order valence-electron chi connectivity index (χ2n) is 6.32. The molecule has 1 aromatic carbocycles. The molecule has 0 unspecified atom stereocenters. The fourth-order valence-electron chi connectivity index (χ4n) is 3.07. The summed E-state index contributed by atoms with van der Waals surface area (Å²) in [6.07, 6.45) is 0.935. The molecule has 0 saturated carbocycles. The van der Waals surface area contributed by atoms with Crippen LogP contribution in [0.25, 0.3) is 0 Å². The van der Waals surface area contributed by atoms with Crippen LogP contribution < -0.4 is 5.32 Å². The molecule has 2 heterocycles. The van der Waals surface area contributed by atoms with E-state index in [9.17, 15) is 9.18 Å². The van der Waals surface area contributed by atoms with E-state index in [1.807, 2.05) is 12.1 Å². The molecule has 0 aliphatic carbocycles. The lowest BCUT2D eigenvalue weighted by Crippen LogP contribution is -2.36. The van der Waals surface area contributed by atoms with Gasteiger partial charge in [0.2, 0.25) is 5.91 Å². The summed E-state index contributed by atoms with van der Waals surface area (Å²) in [6.45, 7) is 4.16. The van der Waals surface area contributed by atoms with Crippen LogP contribution in [0, 0.1) is 17.1 Å². The Kier molecular flexibility index (Phi) is 6.34. The summed E-state index contributed by atoms with van der Waals surface area (Å²) < 4.78 is 13.8. The number of nitriles is 1. The summed E-state index contributed by atoms with van der Waals surface area (Å²) in [5.74, 6) is -0.274. The summed E-state index contributed by atoms with van der Waals surface area (Å²) in [7, 11) is 0. The van der Waals surface area contributed by atoms with E-state index >= 15 is 0 Å². The molecule has 1 N–H and O–H groups in total. The van der Waals surface area contributed by atoms with E-state index < -0.39 is 0 Å². The molecular formula is C19H21FN4OS. The normalized spacial score (nSPS) is 16.0. The minimum Gasteiger partial charge on any atom is -0.315 e. The molecule has 0 atom stereocenters. The van der Waals surface area contributed by atoms with Gasteiger partial charge < -0.3 is 5.32 Å². The van der Waals surface area contributed by atoms with Crippen molar-refractivity contribution in [2.45, 2.75) is 13.0 Å². The van der Waals surface area contributed by atoms with Gasteiger partial charge in [0.05, 0.1) is 12.1 Å². The average Bonchev–Trinajstić information content (AvgIpc) is 2.96. The Morgan fingerprint density at radius 3 is 2.77 bits per heavy atom. The van der Waals surface area contributed by atoms with Gasteiger partial charge in [-0.05, 0) is 37.0 Å². The zero-order valence-corrected chi connectivity index (χ0v) is 15.3. The van der Waals surface area contributed by atoms with Gasteiger partial charge in [-0.1, -0.05) is 18.2 Å². The molecule has 0 radical (unpaired) electrons. The number of anilines is 1. The van der Waals surface area contributed by atoms with Crippen LogP contribution in [-0.4, -0.2) is 48.4 Å². The van der Waals surface area contributed by atoms with E-state index in [0.717, 1.165) is 32.6 Å². The Hall–Kier alpha value is -2.27. The Balaban J connectivity index is 1.50. The number of hydrogen-bond donors (Lipinski definition) is 1. The quantitative estimate of drug-likeness (QED) is 0.877. The first-order valence-electron chi connectivity index (χ1n) is 8.61. The maximum atomic E-state index is 13.8. The van der Waals surface area contributed by atoms with E-state index in [0.29, 0.717) is 29.2 Å². The molecule has 0 bridgehead atoms. The molecule has 1 aromatic heterocycles. The highest BCUT2D eigenvalue weighted by Crippen LogP contribution is 2.22. The number of amides is 1. The molecule has 26 heavy (non-hydrogen) atoms. The Labute approximate surface area is 156 Å². The molecule has 1 fully saturated rings. The fraction of sp³-hybridized carbons (Fsp3) is 0.368. The van der Waals surface area contributed by atoms with Crippen LogP contribution in [0.1, 0.15) is 17.5 Å². The van der Waals surface area contributed by atoms with Crippen LogP contribution in [0.2, 0.25) is 0 Å². The first-order valence-corrected chi connectivity index (χ1v) is 9.49. The highest BCUT2D eigenvalue weighted by atomic mass is 32.1. The summed E-state index contributed by atoms with van der Waals surface area (Å²) in [4.78, 5) is 16.6. The largest absolute Gasteiger partial charge is 0.315 e. The summed E-state index contributed by atoms with van der Waals surface area (Å²) >= 11 is 1.35. The molecule has 7 heteroatoms. The zero-order valence-electron chi connectivity index (χ0n) is 14.4. The fourth-order valence-corrected chi connectivity index (χ4v) is 3.83. The number of nitrogens with one attached hydrogen (secondary N) is 1. The van der Waals surface area contributed by atoms with Gasteiger partial charge in [0.1, 0.15) is 16.9 Å². The Bertz CT molecular complexity index is 801. The topological polar surface area (TPSA) is 59.4 Å². The molecule has 5 nitrogen and oxygen atoms in total. The summed E-state index contributed by atoms with van der Waals surface area (Å²) in [5.41, 5.74) is 1.20. The third kappa shape index (κ3) is 4.88. The smallest absolute Gasteiger partial charge is 0.239 e. The number of rotatable bonds is 5. The standard InChI is InChI=1S/C19H21FN4OS/c20-17-5-2-1-4-16(17)13-23-7-3-8-24(10-9-23)14-18(25)22-19-15(12-21)6-11-26-19/h1-2,4-6,11H,3,7-10,13-14H2,(H,22,25). The van der Waals surface area contributed by atoms with Crippen molar-refractivity contribution in [1.29, 1.82) is 5.26 Å². The number of hydrogen-bond acceptors (Lipinski definition) is 5. The van der Waals surface area contributed by atoms with Crippen molar-refractivity contribution >= 4 is 22.2 Å². The molecule has 1 aliphatic heterocycles. The van der Waals surface area contributed by atoms with Gasteiger partial charge in [-0.3, -0.25) is 14.6 Å². The van der Waals surface area contributed by atoms with Crippen molar-refractivity contribution in [2.75, 3.05) is 38.0 Å². The number of benzene rings is 1. The second kappa shape index (κ2) is 8.90. The number of nitrogens with zero attached hydrogens (tertiary/aromatic N) is 3. The van der Waals surface area contributed by atoms with Crippen molar-refractivity contribution in [2.24, 2.45) is 0 Å². The van der Waals surface area contributed by atoms with Gasteiger partial charge in [-0.15, -0.1) is 11.3 Å².